The third kappa shape index (κ3) is 2.53. The van der Waals surface area contributed by atoms with Gasteiger partial charge in [-0.05, 0) is 41.4 Å². The van der Waals surface area contributed by atoms with E-state index in [9.17, 15) is 0 Å². The minimum Gasteiger partial charge on any atom is -0.330 e. The highest BCUT2D eigenvalue weighted by atomic mass is 79.9. The normalized spacial score (nSPS) is 23.1. The van der Waals surface area contributed by atoms with Crippen molar-refractivity contribution in [1.82, 2.24) is 9.88 Å². The van der Waals surface area contributed by atoms with E-state index < -0.39 is 0 Å². The lowest BCUT2D eigenvalue weighted by Crippen LogP contribution is -2.22. The summed E-state index contributed by atoms with van der Waals surface area (Å²) in [5, 5.41) is 1.19. The highest BCUT2D eigenvalue weighted by molar-refractivity contribution is 9.11. The van der Waals surface area contributed by atoms with Crippen molar-refractivity contribution < 1.29 is 0 Å². The molecule has 3 nitrogen and oxygen atoms in total. The Balaban J connectivity index is 1.87. The molecule has 1 aliphatic rings. The van der Waals surface area contributed by atoms with Gasteiger partial charge in [0.1, 0.15) is 5.01 Å². The quantitative estimate of drug-likeness (QED) is 0.913. The van der Waals surface area contributed by atoms with Crippen LogP contribution >= 0.6 is 27.3 Å². The molecule has 0 aliphatic carbocycles. The standard InChI is InChI=1S/C9H14BrN3S/c10-8-4-12-9(14-8)6-13-2-1-7(3-11)5-13/h4,7H,1-3,5-6,11H2. The van der Waals surface area contributed by atoms with Crippen LogP contribution in [0.15, 0.2) is 9.98 Å². The Morgan fingerprint density at radius 3 is 3.14 bits per heavy atom. The van der Waals surface area contributed by atoms with Gasteiger partial charge in [0.15, 0.2) is 0 Å². The van der Waals surface area contributed by atoms with Gasteiger partial charge < -0.3 is 5.73 Å². The van der Waals surface area contributed by atoms with Crippen LogP contribution in [0.3, 0.4) is 0 Å². The van der Waals surface area contributed by atoms with E-state index in [1.54, 1.807) is 11.3 Å². The number of nitrogens with zero attached hydrogens (tertiary/aromatic N) is 2. The fourth-order valence-corrected chi connectivity index (χ4v) is 3.15. The Kier molecular flexibility index (Phi) is 3.54. The van der Waals surface area contributed by atoms with Gasteiger partial charge in [-0.3, -0.25) is 4.90 Å². The number of likely N-dealkylation sites (tertiary alicyclic amines) is 1. The number of nitrogens with two attached hydrogens (primary N) is 1. The molecule has 0 bridgehead atoms. The van der Waals surface area contributed by atoms with Crippen LogP contribution in [0.4, 0.5) is 0 Å². The van der Waals surface area contributed by atoms with Crippen LogP contribution in [0.2, 0.25) is 0 Å². The van der Waals surface area contributed by atoms with Crippen LogP contribution in [0, 0.1) is 5.92 Å². The van der Waals surface area contributed by atoms with Crippen molar-refractivity contribution >= 4 is 27.3 Å². The fourth-order valence-electron chi connectivity index (χ4n) is 1.80. The Bertz CT molecular complexity index is 302. The summed E-state index contributed by atoms with van der Waals surface area (Å²) in [5.74, 6) is 0.693. The highest BCUT2D eigenvalue weighted by Crippen LogP contribution is 2.23. The molecular formula is C9H14BrN3S. The van der Waals surface area contributed by atoms with Crippen LogP contribution in [0.5, 0.6) is 0 Å². The van der Waals surface area contributed by atoms with E-state index in [-0.39, 0.29) is 0 Å². The monoisotopic (exact) mass is 275 g/mol. The molecule has 1 unspecified atom stereocenters. The van der Waals surface area contributed by atoms with Crippen LogP contribution in [0.1, 0.15) is 11.4 Å². The maximum Gasteiger partial charge on any atom is 0.108 e. The fraction of sp³-hybridized carbons (Fsp3) is 0.667. The van der Waals surface area contributed by atoms with E-state index in [2.05, 4.69) is 25.8 Å². The van der Waals surface area contributed by atoms with Crippen molar-refractivity contribution in [2.24, 2.45) is 11.7 Å². The van der Waals surface area contributed by atoms with Gasteiger partial charge >= 0.3 is 0 Å². The third-order valence-electron chi connectivity index (χ3n) is 2.59. The average molecular weight is 276 g/mol. The Morgan fingerprint density at radius 1 is 1.71 bits per heavy atom. The van der Waals surface area contributed by atoms with Gasteiger partial charge in [0, 0.05) is 6.54 Å². The molecule has 1 aromatic rings. The topological polar surface area (TPSA) is 42.1 Å². The Labute approximate surface area is 96.4 Å². The Morgan fingerprint density at radius 2 is 2.57 bits per heavy atom. The first-order valence-corrected chi connectivity index (χ1v) is 6.41. The number of hydrogen-bond acceptors (Lipinski definition) is 4. The first-order valence-electron chi connectivity index (χ1n) is 4.80. The van der Waals surface area contributed by atoms with Crippen LogP contribution < -0.4 is 5.73 Å². The molecule has 0 amide bonds. The molecule has 1 aliphatic heterocycles. The van der Waals surface area contributed by atoms with Crippen molar-refractivity contribution in [3.8, 4) is 0 Å². The minimum absolute atomic E-state index is 0.693. The molecule has 1 saturated heterocycles. The van der Waals surface area contributed by atoms with Gasteiger partial charge in [-0.15, -0.1) is 11.3 Å². The van der Waals surface area contributed by atoms with Gasteiger partial charge in [0.05, 0.1) is 16.5 Å². The number of thiazole rings is 1. The summed E-state index contributed by atoms with van der Waals surface area (Å²) in [6.45, 7) is 4.09. The van der Waals surface area contributed by atoms with Crippen LogP contribution in [0.25, 0.3) is 0 Å². The second-order valence-electron chi connectivity index (χ2n) is 3.68. The molecule has 2 N–H and O–H groups in total. The van der Waals surface area contributed by atoms with Crippen molar-refractivity contribution in [1.29, 1.82) is 0 Å². The summed E-state index contributed by atoms with van der Waals surface area (Å²) in [4.78, 5) is 6.76. The molecule has 2 rings (SSSR count). The molecule has 0 saturated carbocycles. The minimum atomic E-state index is 0.693. The maximum atomic E-state index is 5.65. The molecule has 0 spiro atoms. The lowest BCUT2D eigenvalue weighted by molar-refractivity contribution is 0.317. The van der Waals surface area contributed by atoms with E-state index in [4.69, 9.17) is 5.73 Å². The SMILES string of the molecule is NCC1CCN(Cc2ncc(Br)s2)C1. The second kappa shape index (κ2) is 4.70. The summed E-state index contributed by atoms with van der Waals surface area (Å²) in [5.41, 5.74) is 5.65. The van der Waals surface area contributed by atoms with Crippen LogP contribution in [-0.4, -0.2) is 29.5 Å². The van der Waals surface area contributed by atoms with E-state index in [0.717, 1.165) is 23.4 Å². The molecule has 0 aromatic carbocycles. The van der Waals surface area contributed by atoms with Crippen molar-refractivity contribution in [2.75, 3.05) is 19.6 Å². The van der Waals surface area contributed by atoms with Crippen molar-refractivity contribution in [3.63, 3.8) is 0 Å². The molecule has 1 aromatic heterocycles. The van der Waals surface area contributed by atoms with Gasteiger partial charge in [-0.25, -0.2) is 4.98 Å². The van der Waals surface area contributed by atoms with Gasteiger partial charge in [0.2, 0.25) is 0 Å². The molecule has 1 atom stereocenters. The molecule has 5 heteroatoms. The molecule has 0 radical (unpaired) electrons. The van der Waals surface area contributed by atoms with Crippen LogP contribution in [-0.2, 0) is 6.54 Å². The van der Waals surface area contributed by atoms with Gasteiger partial charge in [0.25, 0.3) is 0 Å². The largest absolute Gasteiger partial charge is 0.330 e. The van der Waals surface area contributed by atoms with Crippen molar-refractivity contribution in [3.05, 3.63) is 15.0 Å². The summed E-state index contributed by atoms with van der Waals surface area (Å²) in [7, 11) is 0. The van der Waals surface area contributed by atoms with Crippen molar-refractivity contribution in [2.45, 2.75) is 13.0 Å². The zero-order valence-corrected chi connectivity index (χ0v) is 10.4. The molecule has 14 heavy (non-hydrogen) atoms. The maximum absolute atomic E-state index is 5.65. The smallest absolute Gasteiger partial charge is 0.108 e. The Hall–Kier alpha value is 0.0300. The first kappa shape index (κ1) is 10.5. The first-order chi connectivity index (χ1) is 6.78. The number of rotatable bonds is 3. The average Bonchev–Trinajstić information content (AvgIpc) is 2.76. The second-order valence-corrected chi connectivity index (χ2v) is 6.18. The van der Waals surface area contributed by atoms with Gasteiger partial charge in [-0.1, -0.05) is 0 Å². The summed E-state index contributed by atoms with van der Waals surface area (Å²) in [6.07, 6.45) is 3.11. The predicted octanol–water partition coefficient (Wildman–Crippen LogP) is 1.69. The lowest BCUT2D eigenvalue weighted by atomic mass is 10.1. The zero-order chi connectivity index (χ0) is 9.97. The third-order valence-corrected chi connectivity index (χ3v) is 4.05. The highest BCUT2D eigenvalue weighted by Gasteiger charge is 2.21. The van der Waals surface area contributed by atoms with E-state index in [0.29, 0.717) is 5.92 Å². The predicted molar refractivity (Wildman–Crippen MR) is 62.3 cm³/mol. The zero-order valence-electron chi connectivity index (χ0n) is 7.95. The molecule has 2 heterocycles. The van der Waals surface area contributed by atoms with E-state index in [1.807, 2.05) is 6.20 Å². The van der Waals surface area contributed by atoms with E-state index in [1.165, 1.54) is 18.0 Å². The summed E-state index contributed by atoms with van der Waals surface area (Å²) in [6, 6.07) is 0. The molecular weight excluding hydrogens is 262 g/mol. The summed E-state index contributed by atoms with van der Waals surface area (Å²) < 4.78 is 1.11. The molecule has 78 valence electrons. The van der Waals surface area contributed by atoms with E-state index >= 15 is 0 Å². The lowest BCUT2D eigenvalue weighted by Gasteiger charge is -2.13. The number of aromatic nitrogens is 1. The number of halogens is 1. The van der Waals surface area contributed by atoms with Gasteiger partial charge in [-0.2, -0.15) is 0 Å². The number of hydrogen-bond donors (Lipinski definition) is 1. The molecule has 1 fully saturated rings. The summed E-state index contributed by atoms with van der Waals surface area (Å²) >= 11 is 5.14.